The monoisotopic (exact) mass is 629 g/mol. The van der Waals surface area contributed by atoms with Gasteiger partial charge < -0.3 is 15.0 Å². The normalized spacial score (nSPS) is 14.3. The minimum Gasteiger partial charge on any atom is -0.483 e. The van der Waals surface area contributed by atoms with Gasteiger partial charge in [0.25, 0.3) is 5.92 Å². The average molecular weight is 630 g/mol. The molecular weight excluding hydrogens is 577 g/mol. The first-order valence-electron chi connectivity index (χ1n) is 15.6. The summed E-state index contributed by atoms with van der Waals surface area (Å²) >= 11 is 0. The summed E-state index contributed by atoms with van der Waals surface area (Å²) in [5, 5.41) is 3.28. The molecule has 1 fully saturated rings. The summed E-state index contributed by atoms with van der Waals surface area (Å²) in [4.78, 5) is 17.2. The van der Waals surface area contributed by atoms with Gasteiger partial charge in [-0.2, -0.15) is 13.2 Å². The Morgan fingerprint density at radius 1 is 1.09 bits per heavy atom. The van der Waals surface area contributed by atoms with Crippen molar-refractivity contribution >= 4 is 5.91 Å². The predicted octanol–water partition coefficient (Wildman–Crippen LogP) is 9.61. The Morgan fingerprint density at radius 2 is 1.73 bits per heavy atom. The van der Waals surface area contributed by atoms with Crippen LogP contribution in [-0.2, 0) is 11.2 Å². The van der Waals surface area contributed by atoms with Crippen molar-refractivity contribution in [2.24, 2.45) is 0 Å². The number of carbonyl (C=O) groups excluding carboxylic acids is 1. The summed E-state index contributed by atoms with van der Waals surface area (Å²) < 4.78 is 66.6. The molecule has 1 aliphatic heterocycles. The maximum absolute atomic E-state index is 12.8. The fourth-order valence-electron chi connectivity index (χ4n) is 4.08. The molecule has 3 rings (SSSR count). The molecule has 2 aromatic rings. The number of allylic oxidation sites excluding steroid dienone is 1. The molecule has 5 nitrogen and oxygen atoms in total. The standard InChI is InChI=1S/C20H23F3N2O.C10H17F2NO.2C2H6/c1-14-5-4-6-17(11-14)8-7-15(2)25-16(3)19-10-9-18(12-24-19)26-13-20(21,22)23;1-2-3-4-9(14)13-7-5-10(11,12)6-8-13;2*1-2/h4-6,9-12,16,25H,2,7-8,13H2,1,3H3;2-8H2,1H3;2*1-2H3. The summed E-state index contributed by atoms with van der Waals surface area (Å²) in [6.45, 7) is 17.2. The largest absolute Gasteiger partial charge is 0.483 e. The van der Waals surface area contributed by atoms with Crippen molar-refractivity contribution in [2.45, 2.75) is 112 Å². The highest BCUT2D eigenvalue weighted by Crippen LogP contribution is 2.28. The van der Waals surface area contributed by atoms with E-state index >= 15 is 0 Å². The van der Waals surface area contributed by atoms with Gasteiger partial charge in [0.1, 0.15) is 5.75 Å². The number of pyridine rings is 1. The quantitative estimate of drug-likeness (QED) is 0.252. The van der Waals surface area contributed by atoms with Crippen LogP contribution in [0.1, 0.15) is 103 Å². The van der Waals surface area contributed by atoms with Gasteiger partial charge in [-0.05, 0) is 50.8 Å². The van der Waals surface area contributed by atoms with E-state index in [1.807, 2.05) is 47.6 Å². The lowest BCUT2D eigenvalue weighted by Crippen LogP contribution is -2.42. The topological polar surface area (TPSA) is 54.5 Å². The number of nitrogens with one attached hydrogen (secondary N) is 1. The van der Waals surface area contributed by atoms with Crippen molar-refractivity contribution in [2.75, 3.05) is 19.7 Å². The van der Waals surface area contributed by atoms with Gasteiger partial charge in [-0.1, -0.05) is 77.4 Å². The van der Waals surface area contributed by atoms with Crippen LogP contribution in [0.15, 0.2) is 54.9 Å². The van der Waals surface area contributed by atoms with Crippen molar-refractivity contribution in [3.63, 3.8) is 0 Å². The molecular formula is C34H52F5N3O2. The molecule has 1 unspecified atom stereocenters. The van der Waals surface area contributed by atoms with E-state index in [-0.39, 0.29) is 43.6 Å². The number of nitrogens with zero attached hydrogens (tertiary/aromatic N) is 2. The number of likely N-dealkylation sites (tertiary alicyclic amines) is 1. The van der Waals surface area contributed by atoms with Crippen LogP contribution < -0.4 is 10.1 Å². The second-order valence-electron chi connectivity index (χ2n) is 10.1. The lowest BCUT2D eigenvalue weighted by Gasteiger charge is -2.31. The van der Waals surface area contributed by atoms with E-state index in [0.717, 1.165) is 31.4 Å². The molecule has 2 heterocycles. The number of hydrogen-bond acceptors (Lipinski definition) is 4. The van der Waals surface area contributed by atoms with E-state index in [0.29, 0.717) is 12.1 Å². The lowest BCUT2D eigenvalue weighted by atomic mass is 10.1. The zero-order valence-corrected chi connectivity index (χ0v) is 27.5. The smallest absolute Gasteiger partial charge is 0.422 e. The number of ether oxygens (including phenoxy) is 1. The summed E-state index contributed by atoms with van der Waals surface area (Å²) in [5.41, 5.74) is 4.08. The number of amides is 1. The molecule has 44 heavy (non-hydrogen) atoms. The van der Waals surface area contributed by atoms with E-state index < -0.39 is 18.7 Å². The Hall–Kier alpha value is -3.17. The zero-order valence-electron chi connectivity index (χ0n) is 27.5. The Balaban J connectivity index is 0.000000866. The van der Waals surface area contributed by atoms with Gasteiger partial charge in [-0.25, -0.2) is 8.78 Å². The second-order valence-corrected chi connectivity index (χ2v) is 10.1. The van der Waals surface area contributed by atoms with Gasteiger partial charge in [0.2, 0.25) is 5.91 Å². The maximum atomic E-state index is 12.8. The van der Waals surface area contributed by atoms with Crippen molar-refractivity contribution < 1.29 is 31.5 Å². The van der Waals surface area contributed by atoms with Crippen molar-refractivity contribution in [3.05, 3.63) is 71.7 Å². The van der Waals surface area contributed by atoms with Crippen LogP contribution in [0.4, 0.5) is 22.0 Å². The molecule has 1 aromatic heterocycles. The van der Waals surface area contributed by atoms with Crippen LogP contribution in [0, 0.1) is 6.92 Å². The molecule has 250 valence electrons. The fourth-order valence-corrected chi connectivity index (χ4v) is 4.08. The molecule has 0 saturated carbocycles. The molecule has 1 amide bonds. The highest BCUT2D eigenvalue weighted by molar-refractivity contribution is 5.76. The maximum Gasteiger partial charge on any atom is 0.422 e. The molecule has 1 saturated heterocycles. The van der Waals surface area contributed by atoms with Gasteiger partial charge in [0.05, 0.1) is 17.9 Å². The second kappa shape index (κ2) is 21.5. The number of carbonyl (C=O) groups is 1. The SMILES string of the molecule is C=C(CCc1cccc(C)c1)NC(C)c1ccc(OCC(F)(F)F)cn1.CC.CC.CCCCC(=O)N1CCC(F)(F)CC1. The first kappa shape index (κ1) is 40.8. The summed E-state index contributed by atoms with van der Waals surface area (Å²) in [6, 6.07) is 11.4. The average Bonchev–Trinajstić information content (AvgIpc) is 3.00. The third-order valence-corrected chi connectivity index (χ3v) is 6.42. The molecule has 1 N–H and O–H groups in total. The summed E-state index contributed by atoms with van der Waals surface area (Å²) in [5.74, 6) is -2.43. The van der Waals surface area contributed by atoms with E-state index in [2.05, 4.69) is 46.7 Å². The number of aryl methyl sites for hydroxylation is 2. The minimum atomic E-state index is -4.36. The third-order valence-electron chi connectivity index (χ3n) is 6.42. The predicted molar refractivity (Wildman–Crippen MR) is 169 cm³/mol. The fraction of sp³-hybridized carbons (Fsp3) is 0.588. The molecule has 1 aromatic carbocycles. The van der Waals surface area contributed by atoms with Crippen LogP contribution >= 0.6 is 0 Å². The minimum absolute atomic E-state index is 0.0300. The number of unbranched alkanes of at least 4 members (excludes halogenated alkanes) is 1. The van der Waals surface area contributed by atoms with Gasteiger partial charge in [-0.15, -0.1) is 0 Å². The number of halogens is 5. The van der Waals surface area contributed by atoms with E-state index in [9.17, 15) is 26.7 Å². The van der Waals surface area contributed by atoms with Gasteiger partial charge in [0, 0.05) is 38.0 Å². The van der Waals surface area contributed by atoms with Crippen LogP contribution in [-0.4, -0.2) is 47.6 Å². The molecule has 1 aliphatic rings. The number of hydrogen-bond donors (Lipinski definition) is 1. The molecule has 0 spiro atoms. The van der Waals surface area contributed by atoms with Crippen LogP contribution in [0.3, 0.4) is 0 Å². The lowest BCUT2D eigenvalue weighted by molar-refractivity contribution is -0.153. The summed E-state index contributed by atoms with van der Waals surface area (Å²) in [6.07, 6.45) is 0.592. The molecule has 0 bridgehead atoms. The van der Waals surface area contributed by atoms with Crippen LogP contribution in [0.5, 0.6) is 5.75 Å². The summed E-state index contributed by atoms with van der Waals surface area (Å²) in [7, 11) is 0. The van der Waals surface area contributed by atoms with Gasteiger partial charge in [-0.3, -0.25) is 9.78 Å². The Kier molecular flexibility index (Phi) is 20.0. The van der Waals surface area contributed by atoms with Crippen molar-refractivity contribution in [1.29, 1.82) is 0 Å². The first-order chi connectivity index (χ1) is 20.8. The first-order valence-corrected chi connectivity index (χ1v) is 15.6. The van der Waals surface area contributed by atoms with Gasteiger partial charge >= 0.3 is 6.18 Å². The van der Waals surface area contributed by atoms with E-state index in [1.54, 1.807) is 11.0 Å². The zero-order chi connectivity index (χ0) is 33.8. The van der Waals surface area contributed by atoms with E-state index in [4.69, 9.17) is 0 Å². The molecule has 1 atom stereocenters. The molecule has 10 heteroatoms. The highest BCUT2D eigenvalue weighted by atomic mass is 19.4. The van der Waals surface area contributed by atoms with E-state index in [1.165, 1.54) is 23.4 Å². The molecule has 0 aliphatic carbocycles. The number of rotatable bonds is 11. The Labute approximate surface area is 261 Å². The Morgan fingerprint density at radius 3 is 2.25 bits per heavy atom. The van der Waals surface area contributed by atoms with Crippen molar-refractivity contribution in [1.82, 2.24) is 15.2 Å². The van der Waals surface area contributed by atoms with Crippen LogP contribution in [0.25, 0.3) is 0 Å². The number of piperidine rings is 1. The van der Waals surface area contributed by atoms with Crippen molar-refractivity contribution in [3.8, 4) is 5.75 Å². The highest BCUT2D eigenvalue weighted by Gasteiger charge is 2.35. The molecule has 0 radical (unpaired) electrons. The third kappa shape index (κ3) is 17.8. The van der Waals surface area contributed by atoms with Crippen LogP contribution in [0.2, 0.25) is 0 Å². The van der Waals surface area contributed by atoms with Gasteiger partial charge in [0.15, 0.2) is 6.61 Å². The Bertz CT molecular complexity index is 1070. The number of aromatic nitrogens is 1. The number of benzene rings is 1. The number of alkyl halides is 5.